The van der Waals surface area contributed by atoms with Crippen molar-refractivity contribution in [2.75, 3.05) is 19.6 Å². The van der Waals surface area contributed by atoms with Crippen LogP contribution in [0.1, 0.15) is 24.6 Å². The fourth-order valence-corrected chi connectivity index (χ4v) is 1.97. The molecule has 0 unspecified atom stereocenters. The minimum absolute atomic E-state index is 0.641. The van der Waals surface area contributed by atoms with E-state index < -0.39 is 0 Å². The highest BCUT2D eigenvalue weighted by Crippen LogP contribution is 2.17. The van der Waals surface area contributed by atoms with Gasteiger partial charge in [-0.15, -0.1) is 10.2 Å². The number of piperidine rings is 1. The Morgan fingerprint density at radius 1 is 1.40 bits per heavy atom. The molecule has 2 heterocycles. The van der Waals surface area contributed by atoms with E-state index in [-0.39, 0.29) is 0 Å². The molecule has 0 saturated carbocycles. The van der Waals surface area contributed by atoms with Crippen LogP contribution in [0.2, 0.25) is 0 Å². The molecule has 0 spiro atoms. The van der Waals surface area contributed by atoms with Gasteiger partial charge >= 0.3 is 0 Å². The Labute approximate surface area is 89.6 Å². The van der Waals surface area contributed by atoms with Gasteiger partial charge in [0.25, 0.3) is 0 Å². The van der Waals surface area contributed by atoms with E-state index >= 15 is 0 Å². The summed E-state index contributed by atoms with van der Waals surface area (Å²) in [5.74, 6) is 2.06. The third-order valence-electron chi connectivity index (χ3n) is 2.97. The summed E-state index contributed by atoms with van der Waals surface area (Å²) < 4.78 is 5.35. The molecule has 1 aliphatic rings. The number of hydrogen-bond acceptors (Lipinski definition) is 5. The molecule has 0 bridgehead atoms. The fraction of sp³-hybridized carbons (Fsp3) is 0.800. The molecule has 5 heteroatoms. The largest absolute Gasteiger partial charge is 0.424 e. The minimum Gasteiger partial charge on any atom is -0.424 e. The lowest BCUT2D eigenvalue weighted by atomic mass is 9.97. The van der Waals surface area contributed by atoms with Crippen LogP contribution in [0.5, 0.6) is 0 Å². The Hall–Kier alpha value is -0.940. The number of nitrogens with zero attached hydrogens (tertiary/aromatic N) is 3. The molecular formula is C10H18N4O. The molecule has 2 N–H and O–H groups in total. The van der Waals surface area contributed by atoms with Gasteiger partial charge in [0.15, 0.2) is 0 Å². The topological polar surface area (TPSA) is 68.2 Å². The van der Waals surface area contributed by atoms with Crippen LogP contribution in [-0.2, 0) is 6.54 Å². The number of aryl methyl sites for hydroxylation is 1. The molecule has 0 aromatic carbocycles. The van der Waals surface area contributed by atoms with Crippen LogP contribution in [0, 0.1) is 12.8 Å². The van der Waals surface area contributed by atoms with Gasteiger partial charge in [-0.25, -0.2) is 0 Å². The summed E-state index contributed by atoms with van der Waals surface area (Å²) in [7, 11) is 0. The fourth-order valence-electron chi connectivity index (χ4n) is 1.97. The molecule has 0 amide bonds. The van der Waals surface area contributed by atoms with Gasteiger partial charge in [0.2, 0.25) is 11.8 Å². The van der Waals surface area contributed by atoms with E-state index in [0.29, 0.717) is 11.8 Å². The smallest absolute Gasteiger partial charge is 0.230 e. The first kappa shape index (κ1) is 10.6. The van der Waals surface area contributed by atoms with Crippen molar-refractivity contribution in [1.82, 2.24) is 15.1 Å². The third-order valence-corrected chi connectivity index (χ3v) is 2.97. The summed E-state index contributed by atoms with van der Waals surface area (Å²) in [4.78, 5) is 2.35. The first-order valence-corrected chi connectivity index (χ1v) is 5.49. The van der Waals surface area contributed by atoms with Crippen molar-refractivity contribution in [2.45, 2.75) is 26.3 Å². The zero-order valence-electron chi connectivity index (χ0n) is 9.15. The van der Waals surface area contributed by atoms with Gasteiger partial charge in [-0.3, -0.25) is 4.90 Å². The van der Waals surface area contributed by atoms with Crippen LogP contribution in [0.3, 0.4) is 0 Å². The van der Waals surface area contributed by atoms with Crippen molar-refractivity contribution in [3.8, 4) is 0 Å². The predicted octanol–water partition coefficient (Wildman–Crippen LogP) is 0.549. The van der Waals surface area contributed by atoms with Crippen LogP contribution in [0.4, 0.5) is 0 Å². The standard InChI is InChI=1S/C10H18N4O/c1-8-12-13-10(15-8)7-14-4-2-9(6-11)3-5-14/h9H,2-7,11H2,1H3. The second kappa shape index (κ2) is 4.72. The molecule has 0 aliphatic carbocycles. The SMILES string of the molecule is Cc1nnc(CN2CCC(CN)CC2)o1. The Morgan fingerprint density at radius 3 is 2.67 bits per heavy atom. The second-order valence-electron chi connectivity index (χ2n) is 4.17. The van der Waals surface area contributed by atoms with Crippen molar-refractivity contribution >= 4 is 0 Å². The number of aromatic nitrogens is 2. The molecule has 0 radical (unpaired) electrons. The Bertz CT molecular complexity index is 304. The summed E-state index contributed by atoms with van der Waals surface area (Å²) in [6, 6.07) is 0. The summed E-state index contributed by atoms with van der Waals surface area (Å²) in [5.41, 5.74) is 5.65. The molecule has 5 nitrogen and oxygen atoms in total. The van der Waals surface area contributed by atoms with Gasteiger partial charge in [-0.1, -0.05) is 0 Å². The maximum absolute atomic E-state index is 5.65. The molecular weight excluding hydrogens is 192 g/mol. The molecule has 0 atom stereocenters. The van der Waals surface area contributed by atoms with Crippen LogP contribution in [-0.4, -0.2) is 34.7 Å². The van der Waals surface area contributed by atoms with Crippen LogP contribution in [0.25, 0.3) is 0 Å². The Morgan fingerprint density at radius 2 is 2.13 bits per heavy atom. The number of rotatable bonds is 3. The van der Waals surface area contributed by atoms with Crippen molar-refractivity contribution in [3.05, 3.63) is 11.8 Å². The van der Waals surface area contributed by atoms with E-state index in [0.717, 1.165) is 32.1 Å². The van der Waals surface area contributed by atoms with Gasteiger partial charge < -0.3 is 10.2 Å². The van der Waals surface area contributed by atoms with E-state index in [1.807, 2.05) is 6.92 Å². The average Bonchev–Trinajstić information content (AvgIpc) is 2.65. The molecule has 2 rings (SSSR count). The molecule has 84 valence electrons. The lowest BCUT2D eigenvalue weighted by molar-refractivity contribution is 0.166. The van der Waals surface area contributed by atoms with E-state index in [2.05, 4.69) is 15.1 Å². The second-order valence-corrected chi connectivity index (χ2v) is 4.17. The normalized spacial score (nSPS) is 19.6. The van der Waals surface area contributed by atoms with Crippen LogP contribution >= 0.6 is 0 Å². The van der Waals surface area contributed by atoms with Gasteiger partial charge in [-0.2, -0.15) is 0 Å². The summed E-state index contributed by atoms with van der Waals surface area (Å²) >= 11 is 0. The maximum atomic E-state index is 5.65. The molecule has 1 fully saturated rings. The molecule has 15 heavy (non-hydrogen) atoms. The zero-order chi connectivity index (χ0) is 10.7. The van der Waals surface area contributed by atoms with Crippen molar-refractivity contribution in [1.29, 1.82) is 0 Å². The van der Waals surface area contributed by atoms with E-state index in [4.69, 9.17) is 10.2 Å². The van der Waals surface area contributed by atoms with Crippen LogP contribution in [0.15, 0.2) is 4.42 Å². The molecule has 1 aliphatic heterocycles. The Kier molecular flexibility index (Phi) is 3.33. The monoisotopic (exact) mass is 210 g/mol. The average molecular weight is 210 g/mol. The molecule has 1 aromatic rings. The first-order chi connectivity index (χ1) is 7.28. The summed E-state index contributed by atoms with van der Waals surface area (Å²) in [6.45, 7) is 5.58. The quantitative estimate of drug-likeness (QED) is 0.789. The van der Waals surface area contributed by atoms with Crippen molar-refractivity contribution < 1.29 is 4.42 Å². The summed E-state index contributed by atoms with van der Waals surface area (Å²) in [6.07, 6.45) is 2.37. The predicted molar refractivity (Wildman–Crippen MR) is 56.1 cm³/mol. The van der Waals surface area contributed by atoms with E-state index in [9.17, 15) is 0 Å². The van der Waals surface area contributed by atoms with Gasteiger partial charge in [0.1, 0.15) is 0 Å². The minimum atomic E-state index is 0.641. The van der Waals surface area contributed by atoms with E-state index in [1.54, 1.807) is 0 Å². The molecule has 1 saturated heterocycles. The first-order valence-electron chi connectivity index (χ1n) is 5.49. The van der Waals surface area contributed by atoms with Crippen LogP contribution < -0.4 is 5.73 Å². The number of nitrogens with two attached hydrogens (primary N) is 1. The van der Waals surface area contributed by atoms with Gasteiger partial charge in [0.05, 0.1) is 6.54 Å². The number of hydrogen-bond donors (Lipinski definition) is 1. The van der Waals surface area contributed by atoms with Crippen molar-refractivity contribution in [3.63, 3.8) is 0 Å². The highest BCUT2D eigenvalue weighted by atomic mass is 16.4. The van der Waals surface area contributed by atoms with Crippen molar-refractivity contribution in [2.24, 2.45) is 11.7 Å². The highest BCUT2D eigenvalue weighted by Gasteiger charge is 2.19. The lowest BCUT2D eigenvalue weighted by Gasteiger charge is -2.30. The lowest BCUT2D eigenvalue weighted by Crippen LogP contribution is -2.35. The maximum Gasteiger partial charge on any atom is 0.230 e. The van der Waals surface area contributed by atoms with Gasteiger partial charge in [-0.05, 0) is 38.4 Å². The molecule has 1 aromatic heterocycles. The highest BCUT2D eigenvalue weighted by molar-refractivity contribution is 4.81. The number of likely N-dealkylation sites (tertiary alicyclic amines) is 1. The Balaban J connectivity index is 1.82. The summed E-state index contributed by atoms with van der Waals surface area (Å²) in [5, 5.41) is 7.82. The zero-order valence-corrected chi connectivity index (χ0v) is 9.15. The van der Waals surface area contributed by atoms with E-state index in [1.165, 1.54) is 12.8 Å². The van der Waals surface area contributed by atoms with Gasteiger partial charge in [0, 0.05) is 6.92 Å². The third kappa shape index (κ3) is 2.76.